The van der Waals surface area contributed by atoms with Crippen molar-refractivity contribution in [2.45, 2.75) is 17.5 Å². The summed E-state index contributed by atoms with van der Waals surface area (Å²) in [7, 11) is 3.98. The lowest BCUT2D eigenvalue weighted by Crippen LogP contribution is -2.37. The van der Waals surface area contributed by atoms with Crippen molar-refractivity contribution >= 4 is 40.5 Å². The highest BCUT2D eigenvalue weighted by molar-refractivity contribution is 7.99. The molecule has 0 aliphatic heterocycles. The van der Waals surface area contributed by atoms with E-state index in [-0.39, 0.29) is 5.91 Å². The fourth-order valence-corrected chi connectivity index (χ4v) is 4.53. The fraction of sp³-hybridized carbons (Fsp3) is 0.208. The summed E-state index contributed by atoms with van der Waals surface area (Å²) in [6.45, 7) is 0.579. The lowest BCUT2D eigenvalue weighted by Gasteiger charge is -2.19. The Kier molecular flexibility index (Phi) is 6.61. The second kappa shape index (κ2) is 9.74. The summed E-state index contributed by atoms with van der Waals surface area (Å²) in [5.74, 6) is 0.121. The lowest BCUT2D eigenvalue weighted by atomic mass is 10.2. The molecule has 1 amide bonds. The van der Waals surface area contributed by atoms with E-state index < -0.39 is 6.04 Å². The van der Waals surface area contributed by atoms with Gasteiger partial charge in [-0.25, -0.2) is 0 Å². The minimum atomic E-state index is -0.612. The van der Waals surface area contributed by atoms with Crippen molar-refractivity contribution in [3.05, 3.63) is 78.2 Å². The highest BCUT2D eigenvalue weighted by Crippen LogP contribution is 2.33. The van der Waals surface area contributed by atoms with Gasteiger partial charge in [0.1, 0.15) is 6.29 Å². The van der Waals surface area contributed by atoms with E-state index in [1.807, 2.05) is 61.6 Å². The van der Waals surface area contributed by atoms with Gasteiger partial charge in [-0.15, -0.1) is 11.8 Å². The maximum absolute atomic E-state index is 12.7. The number of amides is 1. The molecule has 0 radical (unpaired) electrons. The van der Waals surface area contributed by atoms with E-state index in [1.54, 1.807) is 22.6 Å². The number of H-pyrrole nitrogens is 1. The van der Waals surface area contributed by atoms with Crippen LogP contribution < -0.4 is 10.2 Å². The van der Waals surface area contributed by atoms with Crippen molar-refractivity contribution < 1.29 is 9.59 Å². The Bertz CT molecular complexity index is 1220. The number of hydrogen-bond acceptors (Lipinski definition) is 5. The van der Waals surface area contributed by atoms with Gasteiger partial charge in [-0.2, -0.15) is 5.10 Å². The van der Waals surface area contributed by atoms with E-state index in [4.69, 9.17) is 0 Å². The molecule has 7 nitrogen and oxygen atoms in total. The third-order valence-corrected chi connectivity index (χ3v) is 6.26. The molecule has 0 unspecified atom stereocenters. The molecule has 8 heteroatoms. The second-order valence-electron chi connectivity index (χ2n) is 7.72. The van der Waals surface area contributed by atoms with Crippen molar-refractivity contribution in [2.75, 3.05) is 24.7 Å². The molecule has 0 fully saturated rings. The molecule has 0 aliphatic rings. The van der Waals surface area contributed by atoms with Gasteiger partial charge in [0.2, 0.25) is 0 Å². The summed E-state index contributed by atoms with van der Waals surface area (Å²) in [6, 6.07) is 15.5. The molecule has 0 aliphatic carbocycles. The van der Waals surface area contributed by atoms with Gasteiger partial charge in [0, 0.05) is 48.0 Å². The standard InChI is InChI=1S/C24H25N5O2S/c1-28(2)22-10-18-8-9-25-21(18)11-23(22)32-16-20(15-30)27-24(31)19-12-26-29(14-19)13-17-6-4-3-5-7-17/h3-12,14-15,20,25H,13,16H2,1-2H3,(H,27,31)/t20-/m1/s1. The van der Waals surface area contributed by atoms with Crippen LogP contribution in [-0.4, -0.2) is 52.8 Å². The van der Waals surface area contributed by atoms with Crippen LogP contribution in [0.1, 0.15) is 15.9 Å². The average molecular weight is 448 g/mol. The molecule has 2 heterocycles. The first-order chi connectivity index (χ1) is 15.5. The largest absolute Gasteiger partial charge is 0.377 e. The number of aromatic nitrogens is 3. The first-order valence-corrected chi connectivity index (χ1v) is 11.3. The van der Waals surface area contributed by atoms with Gasteiger partial charge >= 0.3 is 0 Å². The molecule has 2 aromatic carbocycles. The monoisotopic (exact) mass is 447 g/mol. The predicted molar refractivity (Wildman–Crippen MR) is 128 cm³/mol. The van der Waals surface area contributed by atoms with Crippen LogP contribution in [0.15, 0.2) is 72.0 Å². The Morgan fingerprint density at radius 3 is 2.81 bits per heavy atom. The molecule has 4 rings (SSSR count). The Morgan fingerprint density at radius 1 is 1.25 bits per heavy atom. The molecule has 0 bridgehead atoms. The first kappa shape index (κ1) is 21.7. The summed E-state index contributed by atoms with van der Waals surface area (Å²) in [4.78, 5) is 30.6. The molecule has 4 aromatic rings. The maximum Gasteiger partial charge on any atom is 0.255 e. The number of carbonyl (C=O) groups is 2. The van der Waals surface area contributed by atoms with Gasteiger partial charge in [-0.1, -0.05) is 30.3 Å². The molecular formula is C24H25N5O2S. The van der Waals surface area contributed by atoms with E-state index in [9.17, 15) is 9.59 Å². The molecule has 0 spiro atoms. The number of carbonyl (C=O) groups excluding carboxylic acids is 2. The number of aromatic amines is 1. The quantitative estimate of drug-likeness (QED) is 0.303. The van der Waals surface area contributed by atoms with Crippen molar-refractivity contribution in [1.29, 1.82) is 0 Å². The SMILES string of the molecule is CN(C)c1cc2cc[nH]c2cc1SC[C@@H](C=O)NC(=O)c1cnn(Cc2ccccc2)c1. The number of aldehydes is 1. The maximum atomic E-state index is 12.7. The van der Waals surface area contributed by atoms with Crippen molar-refractivity contribution in [3.63, 3.8) is 0 Å². The fourth-order valence-electron chi connectivity index (χ4n) is 3.42. The van der Waals surface area contributed by atoms with Gasteiger partial charge in [-0.05, 0) is 23.8 Å². The zero-order valence-corrected chi connectivity index (χ0v) is 18.8. The van der Waals surface area contributed by atoms with Gasteiger partial charge in [0.05, 0.1) is 30.0 Å². The van der Waals surface area contributed by atoms with E-state index in [0.29, 0.717) is 17.9 Å². The highest BCUT2D eigenvalue weighted by Gasteiger charge is 2.17. The van der Waals surface area contributed by atoms with Crippen LogP contribution in [0, 0.1) is 0 Å². The zero-order chi connectivity index (χ0) is 22.5. The minimum absolute atomic E-state index is 0.310. The van der Waals surface area contributed by atoms with Crippen molar-refractivity contribution in [1.82, 2.24) is 20.1 Å². The number of anilines is 1. The van der Waals surface area contributed by atoms with E-state index in [0.717, 1.165) is 33.3 Å². The molecule has 0 saturated heterocycles. The Balaban J connectivity index is 1.40. The summed E-state index contributed by atoms with van der Waals surface area (Å²) in [5.41, 5.74) is 3.64. The zero-order valence-electron chi connectivity index (χ0n) is 18.0. The van der Waals surface area contributed by atoms with Crippen LogP contribution in [0.4, 0.5) is 5.69 Å². The molecule has 2 N–H and O–H groups in total. The Hall–Kier alpha value is -3.52. The van der Waals surface area contributed by atoms with Gasteiger partial charge in [0.25, 0.3) is 5.91 Å². The first-order valence-electron chi connectivity index (χ1n) is 10.3. The van der Waals surface area contributed by atoms with Crippen molar-refractivity contribution in [2.24, 2.45) is 0 Å². The summed E-state index contributed by atoms with van der Waals surface area (Å²) < 4.78 is 1.71. The molecular weight excluding hydrogens is 422 g/mol. The summed E-state index contributed by atoms with van der Waals surface area (Å²) in [5, 5.41) is 8.21. The van der Waals surface area contributed by atoms with E-state index in [2.05, 4.69) is 27.5 Å². The third-order valence-electron chi connectivity index (χ3n) is 5.10. The van der Waals surface area contributed by atoms with Gasteiger partial charge in [0.15, 0.2) is 0 Å². The average Bonchev–Trinajstić information content (AvgIpc) is 3.45. The third kappa shape index (κ3) is 5.03. The lowest BCUT2D eigenvalue weighted by molar-refractivity contribution is -0.109. The molecule has 1 atom stereocenters. The summed E-state index contributed by atoms with van der Waals surface area (Å²) in [6.07, 6.45) is 5.91. The van der Waals surface area contributed by atoms with Crippen molar-refractivity contribution in [3.8, 4) is 0 Å². The number of benzene rings is 2. The van der Waals surface area contributed by atoms with Crippen LogP contribution in [0.25, 0.3) is 10.9 Å². The number of nitrogens with zero attached hydrogens (tertiary/aromatic N) is 3. The number of thioether (sulfide) groups is 1. The number of nitrogens with one attached hydrogen (secondary N) is 2. The molecule has 2 aromatic heterocycles. The van der Waals surface area contributed by atoms with E-state index >= 15 is 0 Å². The highest BCUT2D eigenvalue weighted by atomic mass is 32.2. The minimum Gasteiger partial charge on any atom is -0.377 e. The van der Waals surface area contributed by atoms with Gasteiger partial charge in [-0.3, -0.25) is 9.48 Å². The molecule has 164 valence electrons. The Morgan fingerprint density at radius 2 is 2.06 bits per heavy atom. The number of fused-ring (bicyclic) bond motifs is 1. The van der Waals surface area contributed by atoms with Crippen LogP contribution in [0.5, 0.6) is 0 Å². The normalized spacial score (nSPS) is 11.9. The Labute approximate surface area is 190 Å². The molecule has 0 saturated carbocycles. The summed E-state index contributed by atoms with van der Waals surface area (Å²) >= 11 is 1.54. The topological polar surface area (TPSA) is 83.0 Å². The second-order valence-corrected chi connectivity index (χ2v) is 8.78. The van der Waals surface area contributed by atoms with Crippen LogP contribution >= 0.6 is 11.8 Å². The van der Waals surface area contributed by atoms with Crippen LogP contribution in [0.2, 0.25) is 0 Å². The number of rotatable bonds is 9. The van der Waals surface area contributed by atoms with Crippen LogP contribution in [0.3, 0.4) is 0 Å². The van der Waals surface area contributed by atoms with Crippen LogP contribution in [-0.2, 0) is 11.3 Å². The van der Waals surface area contributed by atoms with E-state index in [1.165, 1.54) is 6.20 Å². The predicted octanol–water partition coefficient (Wildman–Crippen LogP) is 3.57. The smallest absolute Gasteiger partial charge is 0.255 e. The molecule has 32 heavy (non-hydrogen) atoms. The van der Waals surface area contributed by atoms with Gasteiger partial charge < -0.3 is 20.0 Å². The number of hydrogen-bond donors (Lipinski definition) is 2.